The Morgan fingerprint density at radius 1 is 1.12 bits per heavy atom. The number of ether oxygens (including phenoxy) is 1. The quantitative estimate of drug-likeness (QED) is 0.806. The van der Waals surface area contributed by atoms with Crippen LogP contribution in [0.4, 0.5) is 5.69 Å². The molecule has 0 atom stereocenters. The lowest BCUT2D eigenvalue weighted by Gasteiger charge is -2.21. The van der Waals surface area contributed by atoms with Crippen molar-refractivity contribution >= 4 is 21.6 Å². The van der Waals surface area contributed by atoms with Crippen LogP contribution in [0.3, 0.4) is 0 Å². The van der Waals surface area contributed by atoms with Crippen molar-refractivity contribution in [3.05, 3.63) is 54.1 Å². The van der Waals surface area contributed by atoms with Crippen LogP contribution in [0.15, 0.2) is 53.4 Å². The van der Waals surface area contributed by atoms with Crippen molar-refractivity contribution in [2.24, 2.45) is 0 Å². The van der Waals surface area contributed by atoms with E-state index in [4.69, 9.17) is 4.74 Å². The number of carbonyl (C=O) groups excluding carboxylic acids is 1. The van der Waals surface area contributed by atoms with E-state index < -0.39 is 10.0 Å². The highest BCUT2D eigenvalue weighted by atomic mass is 32.2. The van der Waals surface area contributed by atoms with Gasteiger partial charge in [-0.15, -0.1) is 0 Å². The number of rotatable bonds is 7. The summed E-state index contributed by atoms with van der Waals surface area (Å²) in [4.78, 5) is 12.4. The van der Waals surface area contributed by atoms with E-state index in [0.29, 0.717) is 11.4 Å². The SMILES string of the molecule is COc1ccccc1CC(=O)Nc1ccc(S(=O)(=O)N(C)C(C)C)cc1. The van der Waals surface area contributed by atoms with E-state index in [2.05, 4.69) is 5.32 Å². The lowest BCUT2D eigenvalue weighted by molar-refractivity contribution is -0.115. The van der Waals surface area contributed by atoms with Gasteiger partial charge in [0.25, 0.3) is 0 Å². The van der Waals surface area contributed by atoms with Crippen molar-refractivity contribution in [3.8, 4) is 5.75 Å². The molecule has 2 rings (SSSR count). The van der Waals surface area contributed by atoms with Gasteiger partial charge in [0.2, 0.25) is 15.9 Å². The molecule has 0 unspecified atom stereocenters. The van der Waals surface area contributed by atoms with Gasteiger partial charge >= 0.3 is 0 Å². The van der Waals surface area contributed by atoms with E-state index in [9.17, 15) is 13.2 Å². The third-order valence-electron chi connectivity index (χ3n) is 4.09. The summed E-state index contributed by atoms with van der Waals surface area (Å²) < 4.78 is 31.4. The first-order valence-corrected chi connectivity index (χ1v) is 9.69. The summed E-state index contributed by atoms with van der Waals surface area (Å²) in [6, 6.07) is 13.3. The van der Waals surface area contributed by atoms with Gasteiger partial charge < -0.3 is 10.1 Å². The molecule has 0 aromatic heterocycles. The van der Waals surface area contributed by atoms with Gasteiger partial charge in [-0.2, -0.15) is 4.31 Å². The zero-order chi connectivity index (χ0) is 19.3. The predicted molar refractivity (Wildman–Crippen MR) is 102 cm³/mol. The van der Waals surface area contributed by atoms with Crippen LogP contribution in [0, 0.1) is 0 Å². The van der Waals surface area contributed by atoms with Gasteiger partial charge in [-0.05, 0) is 44.2 Å². The molecule has 1 N–H and O–H groups in total. The molecule has 0 heterocycles. The smallest absolute Gasteiger partial charge is 0.243 e. The molecule has 0 spiro atoms. The van der Waals surface area contributed by atoms with Crippen molar-refractivity contribution < 1.29 is 17.9 Å². The lowest BCUT2D eigenvalue weighted by atomic mass is 10.1. The molecule has 0 saturated carbocycles. The number of anilines is 1. The Morgan fingerprint density at radius 2 is 1.73 bits per heavy atom. The van der Waals surface area contributed by atoms with E-state index in [1.54, 1.807) is 32.4 Å². The highest BCUT2D eigenvalue weighted by Gasteiger charge is 2.22. The van der Waals surface area contributed by atoms with Gasteiger partial charge in [0, 0.05) is 24.3 Å². The van der Waals surface area contributed by atoms with Gasteiger partial charge in [-0.25, -0.2) is 8.42 Å². The van der Waals surface area contributed by atoms with E-state index in [1.807, 2.05) is 32.0 Å². The summed E-state index contributed by atoms with van der Waals surface area (Å²) in [6.45, 7) is 3.62. The molecule has 2 aromatic rings. The van der Waals surface area contributed by atoms with Gasteiger partial charge in [-0.3, -0.25) is 4.79 Å². The monoisotopic (exact) mass is 376 g/mol. The van der Waals surface area contributed by atoms with Crippen molar-refractivity contribution in [2.75, 3.05) is 19.5 Å². The average molecular weight is 376 g/mol. The first-order valence-electron chi connectivity index (χ1n) is 8.25. The summed E-state index contributed by atoms with van der Waals surface area (Å²) in [7, 11) is -0.433. The largest absolute Gasteiger partial charge is 0.496 e. The van der Waals surface area contributed by atoms with E-state index in [0.717, 1.165) is 5.56 Å². The summed E-state index contributed by atoms with van der Waals surface area (Å²) in [6.07, 6.45) is 0.167. The summed E-state index contributed by atoms with van der Waals surface area (Å²) in [5, 5.41) is 2.77. The van der Waals surface area contributed by atoms with Gasteiger partial charge in [0.15, 0.2) is 0 Å². The van der Waals surface area contributed by atoms with E-state index in [-0.39, 0.29) is 23.3 Å². The second-order valence-electron chi connectivity index (χ2n) is 6.18. The Balaban J connectivity index is 2.08. The standard InChI is InChI=1S/C19H24N2O4S/c1-14(2)21(3)26(23,24)17-11-9-16(10-12-17)20-19(22)13-15-7-5-6-8-18(15)25-4/h5-12,14H,13H2,1-4H3,(H,20,22). The maximum Gasteiger partial charge on any atom is 0.243 e. The molecule has 0 saturated heterocycles. The fourth-order valence-corrected chi connectivity index (χ4v) is 3.75. The number of amides is 1. The van der Waals surface area contributed by atoms with Crippen molar-refractivity contribution in [2.45, 2.75) is 31.2 Å². The van der Waals surface area contributed by atoms with Crippen LogP contribution in [-0.2, 0) is 21.2 Å². The highest BCUT2D eigenvalue weighted by Crippen LogP contribution is 2.21. The van der Waals surface area contributed by atoms with Gasteiger partial charge in [-0.1, -0.05) is 18.2 Å². The zero-order valence-corrected chi connectivity index (χ0v) is 16.2. The molecular weight excluding hydrogens is 352 g/mol. The average Bonchev–Trinajstić information content (AvgIpc) is 2.61. The fourth-order valence-electron chi connectivity index (χ4n) is 2.38. The Kier molecular flexibility index (Phi) is 6.39. The second-order valence-corrected chi connectivity index (χ2v) is 8.17. The molecule has 7 heteroatoms. The minimum Gasteiger partial charge on any atom is -0.496 e. The topological polar surface area (TPSA) is 75.7 Å². The van der Waals surface area contributed by atoms with E-state index in [1.165, 1.54) is 16.4 Å². The third kappa shape index (κ3) is 4.62. The molecule has 0 aliphatic rings. The van der Waals surface area contributed by atoms with Crippen LogP contribution >= 0.6 is 0 Å². The second kappa shape index (κ2) is 8.33. The van der Waals surface area contributed by atoms with Crippen molar-refractivity contribution in [1.29, 1.82) is 0 Å². The number of hydrogen-bond donors (Lipinski definition) is 1. The maximum atomic E-state index is 12.4. The number of nitrogens with one attached hydrogen (secondary N) is 1. The molecule has 0 aliphatic carbocycles. The van der Waals surface area contributed by atoms with Crippen LogP contribution in [-0.4, -0.2) is 38.8 Å². The Bertz CT molecular complexity index is 861. The summed E-state index contributed by atoms with van der Waals surface area (Å²) in [5.74, 6) is 0.449. The molecule has 0 bridgehead atoms. The number of methoxy groups -OCH3 is 1. The number of sulfonamides is 1. The third-order valence-corrected chi connectivity index (χ3v) is 6.13. The molecule has 0 aliphatic heterocycles. The number of carbonyl (C=O) groups is 1. The van der Waals surface area contributed by atoms with Crippen molar-refractivity contribution in [3.63, 3.8) is 0 Å². The van der Waals surface area contributed by atoms with Gasteiger partial charge in [0.1, 0.15) is 5.75 Å². The maximum absolute atomic E-state index is 12.4. The molecule has 140 valence electrons. The normalized spacial score (nSPS) is 11.6. The molecule has 26 heavy (non-hydrogen) atoms. The Morgan fingerprint density at radius 3 is 2.31 bits per heavy atom. The van der Waals surface area contributed by atoms with Crippen LogP contribution in [0.5, 0.6) is 5.75 Å². The molecule has 2 aromatic carbocycles. The Labute approximate surface area is 154 Å². The number of nitrogens with zero attached hydrogens (tertiary/aromatic N) is 1. The number of benzene rings is 2. The number of hydrogen-bond acceptors (Lipinski definition) is 4. The lowest BCUT2D eigenvalue weighted by Crippen LogP contribution is -2.33. The first-order chi connectivity index (χ1) is 12.3. The predicted octanol–water partition coefficient (Wildman–Crippen LogP) is 2.91. The summed E-state index contributed by atoms with van der Waals surface area (Å²) in [5.41, 5.74) is 1.32. The van der Waals surface area contributed by atoms with E-state index >= 15 is 0 Å². The fraction of sp³-hybridized carbons (Fsp3) is 0.316. The molecule has 6 nitrogen and oxygen atoms in total. The van der Waals surface area contributed by atoms with Crippen LogP contribution in [0.1, 0.15) is 19.4 Å². The Hall–Kier alpha value is -2.38. The number of para-hydroxylation sites is 1. The highest BCUT2D eigenvalue weighted by molar-refractivity contribution is 7.89. The zero-order valence-electron chi connectivity index (χ0n) is 15.4. The van der Waals surface area contributed by atoms with Crippen LogP contribution in [0.25, 0.3) is 0 Å². The minimum absolute atomic E-state index is 0.139. The minimum atomic E-state index is -3.54. The molecule has 0 fully saturated rings. The molecule has 0 radical (unpaired) electrons. The van der Waals surface area contributed by atoms with Crippen molar-refractivity contribution in [1.82, 2.24) is 4.31 Å². The first kappa shape index (κ1) is 19.9. The molecule has 1 amide bonds. The van der Waals surface area contributed by atoms with Gasteiger partial charge in [0.05, 0.1) is 18.4 Å². The summed E-state index contributed by atoms with van der Waals surface area (Å²) >= 11 is 0. The molecular formula is C19H24N2O4S. The van der Waals surface area contributed by atoms with Crippen LogP contribution < -0.4 is 10.1 Å². The van der Waals surface area contributed by atoms with Crippen LogP contribution in [0.2, 0.25) is 0 Å².